The van der Waals surface area contributed by atoms with Crippen LogP contribution in [0.5, 0.6) is 0 Å². The smallest absolute Gasteiger partial charge is 0.276 e. The average Bonchev–Trinajstić information content (AvgIpc) is 2.96. The van der Waals surface area contributed by atoms with Gasteiger partial charge in [-0.25, -0.2) is 0 Å². The number of amides is 2. The summed E-state index contributed by atoms with van der Waals surface area (Å²) >= 11 is 0. The third-order valence-corrected chi connectivity index (χ3v) is 4.96. The molecule has 2 fully saturated rings. The van der Waals surface area contributed by atoms with Crippen LogP contribution in [0.15, 0.2) is 10.6 Å². The van der Waals surface area contributed by atoms with Crippen LogP contribution in [0.3, 0.4) is 0 Å². The maximum Gasteiger partial charge on any atom is 0.276 e. The summed E-state index contributed by atoms with van der Waals surface area (Å²) in [6, 6.07) is 1.67. The van der Waals surface area contributed by atoms with Crippen LogP contribution in [0.2, 0.25) is 0 Å². The van der Waals surface area contributed by atoms with Gasteiger partial charge in [-0.05, 0) is 26.7 Å². The Kier molecular flexibility index (Phi) is 3.68. The quantitative estimate of drug-likeness (QED) is 0.768. The Morgan fingerprint density at radius 2 is 2.09 bits per heavy atom. The number of hydrogen-bond acceptors (Lipinski definition) is 5. The Labute approximate surface area is 129 Å². The fourth-order valence-corrected chi connectivity index (χ4v) is 3.28. The fraction of sp³-hybridized carbons (Fsp3) is 0.667. The zero-order valence-corrected chi connectivity index (χ0v) is 13.2. The van der Waals surface area contributed by atoms with Gasteiger partial charge in [-0.1, -0.05) is 5.16 Å². The SMILES string of the molecule is Cc1cc(C(=O)N2CCC3(CC2)OCC(=O)N(C)C3C)no1. The molecule has 7 nitrogen and oxygen atoms in total. The zero-order chi connectivity index (χ0) is 15.9. The molecular weight excluding hydrogens is 286 g/mol. The fourth-order valence-electron chi connectivity index (χ4n) is 3.28. The summed E-state index contributed by atoms with van der Waals surface area (Å²) in [6.45, 7) is 5.08. The minimum atomic E-state index is -0.348. The van der Waals surface area contributed by atoms with E-state index in [2.05, 4.69) is 5.16 Å². The molecule has 1 spiro atoms. The lowest BCUT2D eigenvalue weighted by molar-refractivity contribution is -0.181. The van der Waals surface area contributed by atoms with E-state index in [0.29, 0.717) is 37.4 Å². The molecule has 2 amide bonds. The minimum absolute atomic E-state index is 0.00898. The first-order valence-electron chi connectivity index (χ1n) is 7.55. The number of aromatic nitrogens is 1. The van der Waals surface area contributed by atoms with Gasteiger partial charge in [0.15, 0.2) is 5.69 Å². The van der Waals surface area contributed by atoms with E-state index in [-0.39, 0.29) is 30.1 Å². The van der Waals surface area contributed by atoms with E-state index in [9.17, 15) is 9.59 Å². The molecule has 22 heavy (non-hydrogen) atoms. The molecule has 120 valence electrons. The number of likely N-dealkylation sites (tertiary alicyclic amines) is 1. The number of aryl methyl sites for hydroxylation is 1. The maximum absolute atomic E-state index is 12.4. The predicted octanol–water partition coefficient (Wildman–Crippen LogP) is 0.835. The Balaban J connectivity index is 1.67. The van der Waals surface area contributed by atoms with Gasteiger partial charge in [-0.3, -0.25) is 9.59 Å². The monoisotopic (exact) mass is 307 g/mol. The van der Waals surface area contributed by atoms with E-state index in [1.807, 2.05) is 14.0 Å². The summed E-state index contributed by atoms with van der Waals surface area (Å²) in [5, 5.41) is 3.78. The van der Waals surface area contributed by atoms with Crippen molar-refractivity contribution in [3.05, 3.63) is 17.5 Å². The number of morpholine rings is 1. The van der Waals surface area contributed by atoms with Crippen LogP contribution in [0.25, 0.3) is 0 Å². The molecule has 0 aromatic carbocycles. The molecule has 2 saturated heterocycles. The molecule has 1 aromatic heterocycles. The maximum atomic E-state index is 12.4. The average molecular weight is 307 g/mol. The van der Waals surface area contributed by atoms with Gasteiger partial charge in [-0.2, -0.15) is 0 Å². The van der Waals surface area contributed by atoms with Crippen molar-refractivity contribution in [2.24, 2.45) is 0 Å². The number of carbonyl (C=O) groups is 2. The van der Waals surface area contributed by atoms with E-state index >= 15 is 0 Å². The molecule has 2 aliphatic rings. The molecule has 1 unspecified atom stereocenters. The number of rotatable bonds is 1. The molecular formula is C15H21N3O4. The van der Waals surface area contributed by atoms with E-state index in [1.54, 1.807) is 22.8 Å². The first-order chi connectivity index (χ1) is 10.4. The molecule has 1 aromatic rings. The van der Waals surface area contributed by atoms with Gasteiger partial charge >= 0.3 is 0 Å². The number of hydrogen-bond donors (Lipinski definition) is 0. The number of ether oxygens (including phenoxy) is 1. The Morgan fingerprint density at radius 3 is 2.68 bits per heavy atom. The predicted molar refractivity (Wildman–Crippen MR) is 77.3 cm³/mol. The Bertz CT molecular complexity index is 589. The highest BCUT2D eigenvalue weighted by molar-refractivity contribution is 5.92. The van der Waals surface area contributed by atoms with E-state index < -0.39 is 0 Å². The second-order valence-corrected chi connectivity index (χ2v) is 6.15. The number of piperidine rings is 1. The van der Waals surface area contributed by atoms with Crippen molar-refractivity contribution < 1.29 is 18.8 Å². The van der Waals surface area contributed by atoms with Crippen molar-refractivity contribution in [2.75, 3.05) is 26.7 Å². The van der Waals surface area contributed by atoms with Crippen LogP contribution < -0.4 is 0 Å². The van der Waals surface area contributed by atoms with Gasteiger partial charge in [0.25, 0.3) is 5.91 Å². The lowest BCUT2D eigenvalue weighted by Crippen LogP contribution is -2.63. The Morgan fingerprint density at radius 1 is 1.41 bits per heavy atom. The highest BCUT2D eigenvalue weighted by Crippen LogP contribution is 2.35. The van der Waals surface area contributed by atoms with E-state index in [0.717, 1.165) is 0 Å². The van der Waals surface area contributed by atoms with Crippen LogP contribution in [0.4, 0.5) is 0 Å². The van der Waals surface area contributed by atoms with Crippen LogP contribution >= 0.6 is 0 Å². The largest absolute Gasteiger partial charge is 0.363 e. The minimum Gasteiger partial charge on any atom is -0.363 e. The highest BCUT2D eigenvalue weighted by Gasteiger charge is 2.47. The van der Waals surface area contributed by atoms with Crippen molar-refractivity contribution in [1.29, 1.82) is 0 Å². The van der Waals surface area contributed by atoms with Gasteiger partial charge in [0.05, 0.1) is 11.6 Å². The molecule has 3 rings (SSSR count). The first-order valence-corrected chi connectivity index (χ1v) is 7.55. The Hall–Kier alpha value is -1.89. The number of nitrogens with zero attached hydrogens (tertiary/aromatic N) is 3. The molecule has 0 aliphatic carbocycles. The van der Waals surface area contributed by atoms with Crippen LogP contribution in [-0.2, 0) is 9.53 Å². The summed E-state index contributed by atoms with van der Waals surface area (Å²) in [5.41, 5.74) is -0.00233. The zero-order valence-electron chi connectivity index (χ0n) is 13.2. The van der Waals surface area contributed by atoms with E-state index in [4.69, 9.17) is 9.26 Å². The normalized spacial score (nSPS) is 24.9. The summed E-state index contributed by atoms with van der Waals surface area (Å²) in [5.74, 6) is 0.524. The van der Waals surface area contributed by atoms with Crippen molar-refractivity contribution in [3.63, 3.8) is 0 Å². The van der Waals surface area contributed by atoms with Crippen molar-refractivity contribution >= 4 is 11.8 Å². The lowest BCUT2D eigenvalue weighted by Gasteiger charge is -2.50. The standard InChI is InChI=1S/C15H21N3O4/c1-10-8-12(16-22-10)14(20)18-6-4-15(5-7-18)11(2)17(3)13(19)9-21-15/h8,11H,4-7,9H2,1-3H3. The molecule has 7 heteroatoms. The summed E-state index contributed by atoms with van der Waals surface area (Å²) < 4.78 is 10.8. The summed E-state index contributed by atoms with van der Waals surface area (Å²) in [7, 11) is 1.81. The van der Waals surface area contributed by atoms with Crippen LogP contribution in [0, 0.1) is 6.92 Å². The van der Waals surface area contributed by atoms with Crippen molar-refractivity contribution in [1.82, 2.24) is 15.0 Å². The van der Waals surface area contributed by atoms with Gasteiger partial charge in [0, 0.05) is 26.2 Å². The van der Waals surface area contributed by atoms with Crippen LogP contribution in [-0.4, -0.2) is 65.2 Å². The second-order valence-electron chi connectivity index (χ2n) is 6.15. The topological polar surface area (TPSA) is 75.9 Å². The summed E-state index contributed by atoms with van der Waals surface area (Å²) in [4.78, 5) is 27.6. The molecule has 3 heterocycles. The van der Waals surface area contributed by atoms with E-state index in [1.165, 1.54) is 0 Å². The molecule has 0 N–H and O–H groups in total. The molecule has 0 radical (unpaired) electrons. The van der Waals surface area contributed by atoms with Crippen molar-refractivity contribution in [3.8, 4) is 0 Å². The van der Waals surface area contributed by atoms with Gasteiger partial charge in [0.2, 0.25) is 5.91 Å². The summed E-state index contributed by atoms with van der Waals surface area (Å²) in [6.07, 6.45) is 1.43. The first kappa shape index (κ1) is 15.0. The third-order valence-electron chi connectivity index (χ3n) is 4.96. The highest BCUT2D eigenvalue weighted by atomic mass is 16.5. The number of likely N-dealkylation sites (N-methyl/N-ethyl adjacent to an activating group) is 1. The van der Waals surface area contributed by atoms with Gasteiger partial charge in [0.1, 0.15) is 12.4 Å². The van der Waals surface area contributed by atoms with Crippen LogP contribution in [0.1, 0.15) is 36.0 Å². The third kappa shape index (κ3) is 2.39. The molecule has 1 atom stereocenters. The molecule has 0 saturated carbocycles. The van der Waals surface area contributed by atoms with Gasteiger partial charge < -0.3 is 19.1 Å². The number of carbonyl (C=O) groups excluding carboxylic acids is 2. The second kappa shape index (κ2) is 5.39. The lowest BCUT2D eigenvalue weighted by atomic mass is 9.83. The molecule has 2 aliphatic heterocycles. The molecule has 0 bridgehead atoms. The van der Waals surface area contributed by atoms with Crippen molar-refractivity contribution in [2.45, 2.75) is 38.3 Å². The van der Waals surface area contributed by atoms with Gasteiger partial charge in [-0.15, -0.1) is 0 Å².